The molecule has 0 fully saturated rings. The summed E-state index contributed by atoms with van der Waals surface area (Å²) in [7, 11) is -5.58. The SMILES string of the molecule is COP(=O)(CS(=O)(=O)c1ccc(NC(=O)c2nc(-c3ccc(F)cc3)cnc2N)cc1)OC. The van der Waals surface area contributed by atoms with Gasteiger partial charge in [-0.1, -0.05) is 0 Å². The maximum atomic E-state index is 13.2. The number of nitrogens with one attached hydrogen (secondary N) is 1. The van der Waals surface area contributed by atoms with E-state index in [2.05, 4.69) is 24.3 Å². The minimum atomic E-state index is -3.98. The first-order valence-corrected chi connectivity index (χ1v) is 12.7. The lowest BCUT2D eigenvalue weighted by Gasteiger charge is -2.14. The van der Waals surface area contributed by atoms with Crippen LogP contribution in [0.5, 0.6) is 0 Å². The Morgan fingerprint density at radius 2 is 1.70 bits per heavy atom. The molecule has 0 unspecified atom stereocenters. The van der Waals surface area contributed by atoms with Crippen LogP contribution >= 0.6 is 7.60 Å². The first kappa shape index (κ1) is 24.5. The summed E-state index contributed by atoms with van der Waals surface area (Å²) in [5.41, 5.74) is 5.91. The highest BCUT2D eigenvalue weighted by Crippen LogP contribution is 2.48. The van der Waals surface area contributed by atoms with Crippen molar-refractivity contribution in [3.63, 3.8) is 0 Å². The topological polar surface area (TPSA) is 151 Å². The molecule has 0 radical (unpaired) electrons. The van der Waals surface area contributed by atoms with Crippen molar-refractivity contribution in [3.8, 4) is 11.3 Å². The van der Waals surface area contributed by atoms with Crippen LogP contribution in [0.2, 0.25) is 0 Å². The van der Waals surface area contributed by atoms with E-state index >= 15 is 0 Å². The molecule has 2 aromatic carbocycles. The second-order valence-electron chi connectivity index (χ2n) is 6.69. The minimum absolute atomic E-state index is 0.118. The maximum absolute atomic E-state index is 13.2. The molecule has 3 rings (SSSR count). The average Bonchev–Trinajstić information content (AvgIpc) is 2.80. The van der Waals surface area contributed by atoms with Crippen molar-refractivity contribution >= 4 is 34.8 Å². The largest absolute Gasteiger partial charge is 0.382 e. The molecule has 0 atom stereocenters. The van der Waals surface area contributed by atoms with Crippen molar-refractivity contribution in [2.75, 3.05) is 30.8 Å². The van der Waals surface area contributed by atoms with Crippen LogP contribution in [-0.2, 0) is 23.4 Å². The molecule has 3 N–H and O–H groups in total. The Hall–Kier alpha value is -3.18. The van der Waals surface area contributed by atoms with E-state index in [1.165, 1.54) is 54.7 Å². The Bertz CT molecular complexity index is 1310. The predicted octanol–water partition coefficient (Wildman–Crippen LogP) is 3.33. The van der Waals surface area contributed by atoms with Gasteiger partial charge in [0.1, 0.15) is 5.82 Å². The van der Waals surface area contributed by atoms with Crippen molar-refractivity contribution in [1.29, 1.82) is 0 Å². The number of benzene rings is 2. The normalized spacial score (nSPS) is 11.8. The molecule has 0 aliphatic carbocycles. The third-order valence-corrected chi connectivity index (χ3v) is 9.24. The van der Waals surface area contributed by atoms with E-state index in [-0.39, 0.29) is 22.1 Å². The van der Waals surface area contributed by atoms with Crippen molar-refractivity contribution < 1.29 is 31.2 Å². The Kier molecular flexibility index (Phi) is 7.23. The van der Waals surface area contributed by atoms with Crippen molar-refractivity contribution in [1.82, 2.24) is 9.97 Å². The minimum Gasteiger partial charge on any atom is -0.382 e. The molecular weight excluding hydrogens is 474 g/mol. The monoisotopic (exact) mass is 494 g/mol. The van der Waals surface area contributed by atoms with Gasteiger partial charge in [-0.05, 0) is 48.5 Å². The van der Waals surface area contributed by atoms with Gasteiger partial charge in [0, 0.05) is 25.5 Å². The molecule has 0 aliphatic rings. The number of rotatable bonds is 8. The van der Waals surface area contributed by atoms with Gasteiger partial charge in [0.2, 0.25) is 0 Å². The third kappa shape index (κ3) is 5.79. The number of anilines is 2. The Labute approximate surface area is 189 Å². The second kappa shape index (κ2) is 9.75. The van der Waals surface area contributed by atoms with Crippen LogP contribution in [0.1, 0.15) is 10.5 Å². The van der Waals surface area contributed by atoms with E-state index in [4.69, 9.17) is 5.73 Å². The number of amides is 1. The van der Waals surface area contributed by atoms with Crippen LogP contribution < -0.4 is 11.1 Å². The summed E-state index contributed by atoms with van der Waals surface area (Å²) in [6.07, 6.45) is 1.36. The van der Waals surface area contributed by atoms with E-state index in [1.807, 2.05) is 0 Å². The zero-order chi connectivity index (χ0) is 24.2. The number of hydrogen-bond donors (Lipinski definition) is 2. The molecule has 3 aromatic rings. The van der Waals surface area contributed by atoms with E-state index in [0.717, 1.165) is 14.2 Å². The zero-order valence-electron chi connectivity index (χ0n) is 17.6. The molecule has 1 heterocycles. The van der Waals surface area contributed by atoms with Crippen LogP contribution in [0.25, 0.3) is 11.3 Å². The quantitative estimate of drug-likeness (QED) is 0.449. The molecule has 174 valence electrons. The summed E-state index contributed by atoms with van der Waals surface area (Å²) in [5.74, 6) is -1.21. The van der Waals surface area contributed by atoms with Gasteiger partial charge in [0.25, 0.3) is 5.91 Å². The molecule has 1 aromatic heterocycles. The predicted molar refractivity (Wildman–Crippen MR) is 120 cm³/mol. The smallest absolute Gasteiger partial charge is 0.345 e. The van der Waals surface area contributed by atoms with Crippen molar-refractivity contribution in [2.45, 2.75) is 4.90 Å². The Balaban J connectivity index is 1.79. The van der Waals surface area contributed by atoms with Crippen LogP contribution in [0.15, 0.2) is 59.6 Å². The molecule has 1 amide bonds. The van der Waals surface area contributed by atoms with Gasteiger partial charge in [-0.25, -0.2) is 22.8 Å². The van der Waals surface area contributed by atoms with Gasteiger partial charge >= 0.3 is 7.60 Å². The third-order valence-electron chi connectivity index (χ3n) is 4.51. The van der Waals surface area contributed by atoms with E-state index in [1.54, 1.807) is 0 Å². The standard InChI is InChI=1S/C20H20FN4O6PS/c1-30-32(27,31-2)12-33(28,29)16-9-7-15(8-10-16)24-20(26)18-19(22)23-11-17(25-18)13-3-5-14(21)6-4-13/h3-11H,12H2,1-2H3,(H2,22,23)(H,24,26). The molecular formula is C20H20FN4O6PS. The van der Waals surface area contributed by atoms with Crippen molar-refractivity contribution in [3.05, 3.63) is 66.2 Å². The lowest BCUT2D eigenvalue weighted by atomic mass is 10.1. The lowest BCUT2D eigenvalue weighted by molar-refractivity contribution is 0.102. The number of nitrogens with two attached hydrogens (primary N) is 1. The average molecular weight is 494 g/mol. The maximum Gasteiger partial charge on any atom is 0.345 e. The first-order valence-electron chi connectivity index (χ1n) is 9.30. The number of aromatic nitrogens is 2. The van der Waals surface area contributed by atoms with E-state index < -0.39 is 34.7 Å². The highest BCUT2D eigenvalue weighted by atomic mass is 32.2. The fourth-order valence-corrected chi connectivity index (χ4v) is 6.53. The molecule has 13 heteroatoms. The highest BCUT2D eigenvalue weighted by molar-refractivity contribution is 7.97. The number of nitrogens with zero attached hydrogens (tertiary/aromatic N) is 2. The summed E-state index contributed by atoms with van der Waals surface area (Å²) >= 11 is 0. The molecule has 10 nitrogen and oxygen atoms in total. The molecule has 33 heavy (non-hydrogen) atoms. The van der Waals surface area contributed by atoms with E-state index in [0.29, 0.717) is 11.3 Å². The number of nitrogen functional groups attached to an aromatic ring is 1. The fraction of sp³-hybridized carbons (Fsp3) is 0.150. The Morgan fingerprint density at radius 1 is 1.09 bits per heavy atom. The Morgan fingerprint density at radius 3 is 2.27 bits per heavy atom. The van der Waals surface area contributed by atoms with Gasteiger partial charge in [-0.2, -0.15) is 0 Å². The molecule has 0 saturated heterocycles. The lowest BCUT2D eigenvalue weighted by Crippen LogP contribution is -2.17. The van der Waals surface area contributed by atoms with E-state index in [9.17, 15) is 22.2 Å². The van der Waals surface area contributed by atoms with Gasteiger partial charge in [-0.3, -0.25) is 9.36 Å². The van der Waals surface area contributed by atoms with Gasteiger partial charge in [-0.15, -0.1) is 0 Å². The fourth-order valence-electron chi connectivity index (χ4n) is 2.72. The number of halogens is 1. The highest BCUT2D eigenvalue weighted by Gasteiger charge is 2.31. The molecule has 0 aliphatic heterocycles. The number of hydrogen-bond acceptors (Lipinski definition) is 9. The van der Waals surface area contributed by atoms with Crippen LogP contribution in [0.4, 0.5) is 15.9 Å². The molecule has 0 saturated carbocycles. The summed E-state index contributed by atoms with van der Waals surface area (Å²) in [6, 6.07) is 10.7. The summed E-state index contributed by atoms with van der Waals surface area (Å²) < 4.78 is 59.6. The molecule has 0 spiro atoms. The summed E-state index contributed by atoms with van der Waals surface area (Å²) in [6.45, 7) is 0. The van der Waals surface area contributed by atoms with Crippen molar-refractivity contribution in [2.24, 2.45) is 0 Å². The number of sulfone groups is 1. The number of carbonyl (C=O) groups is 1. The first-order chi connectivity index (χ1) is 15.6. The van der Waals surface area contributed by atoms with Crippen LogP contribution in [-0.4, -0.2) is 44.0 Å². The summed E-state index contributed by atoms with van der Waals surface area (Å²) in [5, 5.41) is 2.56. The van der Waals surface area contributed by atoms with Crippen LogP contribution in [0, 0.1) is 5.82 Å². The zero-order valence-corrected chi connectivity index (χ0v) is 19.3. The molecule has 0 bridgehead atoms. The van der Waals surface area contributed by atoms with Crippen LogP contribution in [0.3, 0.4) is 0 Å². The number of carbonyl (C=O) groups excluding carboxylic acids is 1. The summed E-state index contributed by atoms with van der Waals surface area (Å²) in [4.78, 5) is 20.7. The second-order valence-corrected chi connectivity index (χ2v) is 11.4. The van der Waals surface area contributed by atoms with Gasteiger partial charge in [0.05, 0.1) is 16.8 Å². The van der Waals surface area contributed by atoms with Gasteiger partial charge < -0.3 is 20.1 Å². The van der Waals surface area contributed by atoms with Gasteiger partial charge in [0.15, 0.2) is 26.8 Å².